The van der Waals surface area contributed by atoms with E-state index in [0.717, 1.165) is 22.3 Å². The summed E-state index contributed by atoms with van der Waals surface area (Å²) in [6.45, 7) is 1.87. The zero-order chi connectivity index (χ0) is 14.4. The Morgan fingerprint density at radius 1 is 1.00 bits per heavy atom. The number of aromatic amines is 1. The van der Waals surface area contributed by atoms with Gasteiger partial charge in [0.25, 0.3) is 0 Å². The van der Waals surface area contributed by atoms with E-state index in [-0.39, 0.29) is 5.82 Å². The lowest BCUT2D eigenvalue weighted by molar-refractivity contribution is 0.640. The van der Waals surface area contributed by atoms with Gasteiger partial charge in [-0.05, 0) is 13.0 Å². The predicted octanol–water partition coefficient (Wildman–Crippen LogP) is 4.23. The molecular formula is C17H12FN3. The van der Waals surface area contributed by atoms with Gasteiger partial charge in [-0.25, -0.2) is 9.37 Å². The third-order valence-corrected chi connectivity index (χ3v) is 3.70. The second-order valence-corrected chi connectivity index (χ2v) is 5.02. The second kappa shape index (κ2) is 4.38. The van der Waals surface area contributed by atoms with Gasteiger partial charge < -0.3 is 0 Å². The zero-order valence-electron chi connectivity index (χ0n) is 11.4. The molecule has 0 atom stereocenters. The number of halogens is 1. The minimum Gasteiger partial charge on any atom is -0.275 e. The summed E-state index contributed by atoms with van der Waals surface area (Å²) in [5, 5.41) is 8.40. The lowest BCUT2D eigenvalue weighted by Gasteiger charge is -2.08. The van der Waals surface area contributed by atoms with Gasteiger partial charge in [0.2, 0.25) is 0 Å². The van der Waals surface area contributed by atoms with Crippen molar-refractivity contribution in [1.82, 2.24) is 15.2 Å². The van der Waals surface area contributed by atoms with E-state index in [2.05, 4.69) is 10.2 Å². The maximum atomic E-state index is 14.3. The number of H-pyrrole nitrogens is 1. The van der Waals surface area contributed by atoms with Gasteiger partial charge in [-0.3, -0.25) is 5.10 Å². The lowest BCUT2D eigenvalue weighted by atomic mass is 10.0. The summed E-state index contributed by atoms with van der Waals surface area (Å²) in [5.74, 6) is -0.263. The number of aryl methyl sites for hydroxylation is 1. The van der Waals surface area contributed by atoms with Crippen LogP contribution in [-0.4, -0.2) is 15.2 Å². The summed E-state index contributed by atoms with van der Waals surface area (Å²) in [6.07, 6.45) is 0. The highest BCUT2D eigenvalue weighted by molar-refractivity contribution is 6.09. The quantitative estimate of drug-likeness (QED) is 0.566. The van der Waals surface area contributed by atoms with Gasteiger partial charge in [-0.15, -0.1) is 0 Å². The SMILES string of the molecule is Cc1n[nH]c2c1nc(-c1ccccc1)c1cccc(F)c12. The fourth-order valence-electron chi connectivity index (χ4n) is 2.70. The number of nitrogens with one attached hydrogen (secondary N) is 1. The molecule has 1 N–H and O–H groups in total. The summed E-state index contributed by atoms with van der Waals surface area (Å²) in [4.78, 5) is 4.71. The molecule has 0 amide bonds. The first-order valence-electron chi connectivity index (χ1n) is 6.74. The number of hydrogen-bond acceptors (Lipinski definition) is 2. The minimum atomic E-state index is -0.263. The molecule has 0 radical (unpaired) electrons. The van der Waals surface area contributed by atoms with Crippen LogP contribution in [0.25, 0.3) is 33.1 Å². The highest BCUT2D eigenvalue weighted by Gasteiger charge is 2.15. The van der Waals surface area contributed by atoms with Gasteiger partial charge in [-0.2, -0.15) is 5.10 Å². The van der Waals surface area contributed by atoms with Crippen LogP contribution >= 0.6 is 0 Å². The first kappa shape index (κ1) is 12.0. The number of benzene rings is 2. The molecule has 0 aliphatic heterocycles. The molecule has 0 spiro atoms. The number of fused-ring (bicyclic) bond motifs is 3. The molecular weight excluding hydrogens is 265 g/mol. The average molecular weight is 277 g/mol. The molecule has 0 bridgehead atoms. The van der Waals surface area contributed by atoms with Gasteiger partial charge in [0.05, 0.1) is 16.9 Å². The fraction of sp³-hybridized carbons (Fsp3) is 0.0588. The molecule has 0 unspecified atom stereocenters. The molecule has 4 heteroatoms. The number of rotatable bonds is 1. The molecule has 21 heavy (non-hydrogen) atoms. The Hall–Kier alpha value is -2.75. The monoisotopic (exact) mass is 277 g/mol. The normalized spacial score (nSPS) is 11.3. The maximum Gasteiger partial charge on any atom is 0.133 e. The molecule has 0 fully saturated rings. The van der Waals surface area contributed by atoms with Crippen LogP contribution in [-0.2, 0) is 0 Å². The average Bonchev–Trinajstić information content (AvgIpc) is 2.89. The Morgan fingerprint density at radius 3 is 2.62 bits per heavy atom. The van der Waals surface area contributed by atoms with Crippen LogP contribution in [0.3, 0.4) is 0 Å². The van der Waals surface area contributed by atoms with E-state index in [0.29, 0.717) is 16.4 Å². The lowest BCUT2D eigenvalue weighted by Crippen LogP contribution is -1.91. The smallest absolute Gasteiger partial charge is 0.133 e. The van der Waals surface area contributed by atoms with Gasteiger partial charge in [-0.1, -0.05) is 42.5 Å². The molecule has 0 saturated heterocycles. The van der Waals surface area contributed by atoms with Crippen molar-refractivity contribution in [3.8, 4) is 11.3 Å². The largest absolute Gasteiger partial charge is 0.275 e. The Kier molecular flexibility index (Phi) is 2.51. The molecule has 0 aliphatic carbocycles. The van der Waals surface area contributed by atoms with Crippen molar-refractivity contribution in [3.63, 3.8) is 0 Å². The van der Waals surface area contributed by atoms with E-state index in [1.807, 2.05) is 43.3 Å². The Labute approximate surface area is 120 Å². The summed E-state index contributed by atoms with van der Waals surface area (Å²) in [5.41, 5.74) is 3.89. The molecule has 102 valence electrons. The van der Waals surface area contributed by atoms with E-state index in [1.54, 1.807) is 6.07 Å². The summed E-state index contributed by atoms with van der Waals surface area (Å²) in [7, 11) is 0. The van der Waals surface area contributed by atoms with Gasteiger partial charge in [0, 0.05) is 16.3 Å². The van der Waals surface area contributed by atoms with Crippen LogP contribution in [0.4, 0.5) is 4.39 Å². The highest BCUT2D eigenvalue weighted by atomic mass is 19.1. The first-order valence-corrected chi connectivity index (χ1v) is 6.74. The van der Waals surface area contributed by atoms with E-state index >= 15 is 0 Å². The van der Waals surface area contributed by atoms with Gasteiger partial charge in [0.15, 0.2) is 0 Å². The Morgan fingerprint density at radius 2 is 1.81 bits per heavy atom. The summed E-state index contributed by atoms with van der Waals surface area (Å²) < 4.78 is 14.3. The molecule has 3 nitrogen and oxygen atoms in total. The zero-order valence-corrected chi connectivity index (χ0v) is 11.4. The van der Waals surface area contributed by atoms with Crippen molar-refractivity contribution in [3.05, 3.63) is 60.0 Å². The summed E-state index contributed by atoms with van der Waals surface area (Å²) in [6, 6.07) is 14.9. The van der Waals surface area contributed by atoms with Crippen LogP contribution < -0.4 is 0 Å². The van der Waals surface area contributed by atoms with E-state index in [9.17, 15) is 4.39 Å². The van der Waals surface area contributed by atoms with Crippen LogP contribution in [0.5, 0.6) is 0 Å². The maximum absolute atomic E-state index is 14.3. The molecule has 0 aliphatic rings. The number of nitrogens with zero attached hydrogens (tertiary/aromatic N) is 2. The Balaban J connectivity index is 2.24. The van der Waals surface area contributed by atoms with Crippen LogP contribution in [0, 0.1) is 12.7 Å². The number of aromatic nitrogens is 3. The van der Waals surface area contributed by atoms with E-state index in [1.165, 1.54) is 6.07 Å². The Bertz CT molecular complexity index is 958. The third-order valence-electron chi connectivity index (χ3n) is 3.70. The van der Waals surface area contributed by atoms with Crippen molar-refractivity contribution in [2.24, 2.45) is 0 Å². The molecule has 4 rings (SSSR count). The van der Waals surface area contributed by atoms with Gasteiger partial charge in [0.1, 0.15) is 11.3 Å². The molecule has 0 saturated carbocycles. The van der Waals surface area contributed by atoms with Crippen molar-refractivity contribution in [1.29, 1.82) is 0 Å². The highest BCUT2D eigenvalue weighted by Crippen LogP contribution is 2.33. The van der Waals surface area contributed by atoms with Crippen molar-refractivity contribution >= 4 is 21.8 Å². The molecule has 2 aromatic carbocycles. The summed E-state index contributed by atoms with van der Waals surface area (Å²) >= 11 is 0. The van der Waals surface area contributed by atoms with Crippen molar-refractivity contribution < 1.29 is 4.39 Å². The van der Waals surface area contributed by atoms with Gasteiger partial charge >= 0.3 is 0 Å². The molecule has 4 aromatic rings. The first-order chi connectivity index (χ1) is 10.3. The minimum absolute atomic E-state index is 0.263. The van der Waals surface area contributed by atoms with E-state index < -0.39 is 0 Å². The van der Waals surface area contributed by atoms with Crippen LogP contribution in [0.15, 0.2) is 48.5 Å². The standard InChI is InChI=1S/C17H12FN3/c1-10-15-17(21-20-10)14-12(8-5-9-13(14)18)16(19-15)11-6-3-2-4-7-11/h2-9H,1H3,(H,20,21). The molecule has 2 aromatic heterocycles. The topological polar surface area (TPSA) is 41.6 Å². The fourth-order valence-corrected chi connectivity index (χ4v) is 2.70. The molecule has 2 heterocycles. The second-order valence-electron chi connectivity index (χ2n) is 5.02. The third kappa shape index (κ3) is 1.72. The van der Waals surface area contributed by atoms with Crippen molar-refractivity contribution in [2.45, 2.75) is 6.92 Å². The van der Waals surface area contributed by atoms with Crippen LogP contribution in [0.2, 0.25) is 0 Å². The van der Waals surface area contributed by atoms with Crippen LogP contribution in [0.1, 0.15) is 5.69 Å². The predicted molar refractivity (Wildman–Crippen MR) is 81.5 cm³/mol. The van der Waals surface area contributed by atoms with Crippen molar-refractivity contribution in [2.75, 3.05) is 0 Å². The number of pyridine rings is 1. The number of hydrogen-bond donors (Lipinski definition) is 1. The van der Waals surface area contributed by atoms with E-state index in [4.69, 9.17) is 4.98 Å².